The van der Waals surface area contributed by atoms with Gasteiger partial charge in [-0.1, -0.05) is 0 Å². The molecule has 0 spiro atoms. The molecule has 4 aromatic rings. The van der Waals surface area contributed by atoms with Crippen molar-refractivity contribution in [3.05, 3.63) is 59.2 Å². The molecule has 2 aliphatic heterocycles. The van der Waals surface area contributed by atoms with Crippen molar-refractivity contribution in [2.75, 3.05) is 18.5 Å². The van der Waals surface area contributed by atoms with Crippen LogP contribution in [-0.4, -0.2) is 37.8 Å². The fraction of sp³-hybridized carbons (Fsp3) is 0.333. The predicted octanol–water partition coefficient (Wildman–Crippen LogP) is 3.99. The van der Waals surface area contributed by atoms with Crippen molar-refractivity contribution in [3.8, 4) is 22.6 Å². The number of fused-ring (bicyclic) bond motifs is 3. The number of hydrogen-bond acceptors (Lipinski definition) is 7. The lowest BCUT2D eigenvalue weighted by atomic mass is 9.96. The van der Waals surface area contributed by atoms with Gasteiger partial charge in [-0.2, -0.15) is 0 Å². The average Bonchev–Trinajstić information content (AvgIpc) is 3.38. The van der Waals surface area contributed by atoms with Gasteiger partial charge in [0.1, 0.15) is 23.7 Å². The summed E-state index contributed by atoms with van der Waals surface area (Å²) in [6, 6.07) is 5.12. The van der Waals surface area contributed by atoms with Crippen molar-refractivity contribution in [3.63, 3.8) is 0 Å². The molecule has 5 heterocycles. The number of halogens is 1. The van der Waals surface area contributed by atoms with Crippen molar-refractivity contribution in [2.45, 2.75) is 38.1 Å². The van der Waals surface area contributed by atoms with Gasteiger partial charge in [0.25, 0.3) is 0 Å². The quantitative estimate of drug-likeness (QED) is 0.500. The lowest BCUT2D eigenvalue weighted by Crippen LogP contribution is -2.13. The summed E-state index contributed by atoms with van der Waals surface area (Å²) in [6.45, 7) is 3.14. The van der Waals surface area contributed by atoms with E-state index in [0.717, 1.165) is 46.8 Å². The molecule has 0 bridgehead atoms. The zero-order valence-corrected chi connectivity index (χ0v) is 18.0. The lowest BCUT2D eigenvalue weighted by Gasteiger charge is -2.17. The number of nitrogens with one attached hydrogen (secondary N) is 1. The van der Waals surface area contributed by atoms with E-state index in [1.54, 1.807) is 12.4 Å². The molecule has 1 aromatic carbocycles. The largest absolute Gasteiger partial charge is 0.493 e. The van der Waals surface area contributed by atoms with E-state index in [2.05, 4.69) is 20.5 Å². The molecule has 166 valence electrons. The summed E-state index contributed by atoms with van der Waals surface area (Å²) in [4.78, 5) is 9.36. The molecule has 0 unspecified atom stereocenters. The molecule has 1 saturated carbocycles. The van der Waals surface area contributed by atoms with Crippen LogP contribution >= 0.6 is 0 Å². The summed E-state index contributed by atoms with van der Waals surface area (Å²) in [6.07, 6.45) is 5.82. The molecule has 0 amide bonds. The van der Waals surface area contributed by atoms with E-state index in [0.29, 0.717) is 48.5 Å². The SMILES string of the molecule is Cc1nc(C2CC2)ncc1-c1cc2c(n3cnnc13)NCc1c(F)ccc3c1[C@H](CO3)CO2. The van der Waals surface area contributed by atoms with Crippen LogP contribution in [0.5, 0.6) is 11.5 Å². The van der Waals surface area contributed by atoms with Gasteiger partial charge in [-0.15, -0.1) is 10.2 Å². The number of nitrogens with zero attached hydrogens (tertiary/aromatic N) is 5. The van der Waals surface area contributed by atoms with Gasteiger partial charge in [0, 0.05) is 46.6 Å². The van der Waals surface area contributed by atoms with Crippen LogP contribution in [0.4, 0.5) is 10.2 Å². The number of pyridine rings is 1. The highest BCUT2D eigenvalue weighted by atomic mass is 19.1. The fourth-order valence-corrected chi connectivity index (χ4v) is 4.87. The smallest absolute Gasteiger partial charge is 0.170 e. The minimum absolute atomic E-state index is 0.0404. The minimum Gasteiger partial charge on any atom is -0.493 e. The molecule has 1 fully saturated rings. The van der Waals surface area contributed by atoms with Gasteiger partial charge in [0.05, 0.1) is 19.1 Å². The summed E-state index contributed by atoms with van der Waals surface area (Å²) >= 11 is 0. The number of benzene rings is 1. The Labute approximate surface area is 188 Å². The van der Waals surface area contributed by atoms with Crippen molar-refractivity contribution >= 4 is 11.5 Å². The number of anilines is 1. The van der Waals surface area contributed by atoms with Crippen molar-refractivity contribution in [1.82, 2.24) is 24.6 Å². The number of rotatable bonds is 2. The first-order chi connectivity index (χ1) is 16.2. The van der Waals surface area contributed by atoms with Gasteiger partial charge in [-0.05, 0) is 38.0 Å². The third-order valence-corrected chi connectivity index (χ3v) is 6.75. The van der Waals surface area contributed by atoms with E-state index < -0.39 is 0 Å². The Morgan fingerprint density at radius 3 is 2.76 bits per heavy atom. The second-order valence-electron chi connectivity index (χ2n) is 8.91. The van der Waals surface area contributed by atoms with Crippen LogP contribution in [0, 0.1) is 12.7 Å². The van der Waals surface area contributed by atoms with Gasteiger partial charge in [0.2, 0.25) is 0 Å². The van der Waals surface area contributed by atoms with Crippen LogP contribution in [0.1, 0.15) is 47.3 Å². The third kappa shape index (κ3) is 2.88. The highest BCUT2D eigenvalue weighted by Crippen LogP contribution is 2.42. The minimum atomic E-state index is -0.250. The van der Waals surface area contributed by atoms with E-state index in [-0.39, 0.29) is 11.7 Å². The second-order valence-corrected chi connectivity index (χ2v) is 8.91. The Bertz CT molecular complexity index is 1430. The summed E-state index contributed by atoms with van der Waals surface area (Å²) in [5.74, 6) is 3.16. The Morgan fingerprint density at radius 2 is 1.94 bits per heavy atom. The summed E-state index contributed by atoms with van der Waals surface area (Å²) < 4.78 is 28.7. The molecule has 3 aliphatic rings. The van der Waals surface area contributed by atoms with Gasteiger partial charge < -0.3 is 14.8 Å². The monoisotopic (exact) mass is 444 g/mol. The van der Waals surface area contributed by atoms with Crippen LogP contribution in [0.3, 0.4) is 0 Å². The van der Waals surface area contributed by atoms with Crippen LogP contribution < -0.4 is 14.8 Å². The molecule has 8 nitrogen and oxygen atoms in total. The van der Waals surface area contributed by atoms with Gasteiger partial charge in [-0.3, -0.25) is 4.40 Å². The molecule has 1 N–H and O–H groups in total. The molecule has 1 aliphatic carbocycles. The Balaban J connectivity index is 1.36. The van der Waals surface area contributed by atoms with Crippen LogP contribution in [-0.2, 0) is 6.54 Å². The number of ether oxygens (including phenoxy) is 2. The Hall–Kier alpha value is -3.75. The van der Waals surface area contributed by atoms with Crippen LogP contribution in [0.15, 0.2) is 30.7 Å². The van der Waals surface area contributed by atoms with Gasteiger partial charge >= 0.3 is 0 Å². The summed E-state index contributed by atoms with van der Waals surface area (Å²) in [5, 5.41) is 11.9. The van der Waals surface area contributed by atoms with Crippen molar-refractivity contribution in [1.29, 1.82) is 0 Å². The Kier molecular flexibility index (Phi) is 3.91. The van der Waals surface area contributed by atoms with E-state index in [4.69, 9.17) is 14.5 Å². The highest BCUT2D eigenvalue weighted by Gasteiger charge is 2.32. The second kappa shape index (κ2) is 6.87. The zero-order valence-electron chi connectivity index (χ0n) is 18.0. The molecule has 1 atom stereocenters. The van der Waals surface area contributed by atoms with Gasteiger partial charge in [-0.25, -0.2) is 14.4 Å². The molecule has 0 radical (unpaired) electrons. The van der Waals surface area contributed by atoms with Crippen molar-refractivity contribution in [2.24, 2.45) is 0 Å². The first kappa shape index (κ1) is 18.8. The summed E-state index contributed by atoms with van der Waals surface area (Å²) in [7, 11) is 0. The van der Waals surface area contributed by atoms with E-state index >= 15 is 0 Å². The van der Waals surface area contributed by atoms with Gasteiger partial charge in [0.15, 0.2) is 17.2 Å². The van der Waals surface area contributed by atoms with Crippen LogP contribution in [0.25, 0.3) is 16.8 Å². The summed E-state index contributed by atoms with van der Waals surface area (Å²) in [5.41, 5.74) is 4.79. The van der Waals surface area contributed by atoms with Crippen LogP contribution in [0.2, 0.25) is 0 Å². The first-order valence-corrected chi connectivity index (χ1v) is 11.2. The third-order valence-electron chi connectivity index (χ3n) is 6.75. The number of aromatic nitrogens is 5. The maximum Gasteiger partial charge on any atom is 0.170 e. The lowest BCUT2D eigenvalue weighted by molar-refractivity contribution is 0.249. The number of aryl methyl sites for hydroxylation is 1. The molecule has 7 rings (SSSR count). The first-order valence-electron chi connectivity index (χ1n) is 11.2. The average molecular weight is 444 g/mol. The predicted molar refractivity (Wildman–Crippen MR) is 118 cm³/mol. The van der Waals surface area contributed by atoms with Crippen molar-refractivity contribution < 1.29 is 13.9 Å². The standard InChI is InChI=1S/C24H21FN6O2/c1-12-16(7-26-22(29-12)13-2-3-13)15-6-20-24(31-11-28-30-23(15)31)27-8-17-18(25)4-5-19-21(17)14(9-32-19)10-33-20/h4-7,11,13-14,27H,2-3,8-10H2,1H3/t14-/m1/s1. The normalized spacial score (nSPS) is 18.9. The highest BCUT2D eigenvalue weighted by molar-refractivity contribution is 5.82. The van der Waals surface area contributed by atoms with E-state index in [1.165, 1.54) is 6.07 Å². The van der Waals surface area contributed by atoms with E-state index in [9.17, 15) is 4.39 Å². The zero-order chi connectivity index (χ0) is 22.1. The Morgan fingerprint density at radius 1 is 1.09 bits per heavy atom. The maximum atomic E-state index is 14.8. The molecule has 3 aromatic heterocycles. The molecular weight excluding hydrogens is 423 g/mol. The molecule has 0 saturated heterocycles. The fourth-order valence-electron chi connectivity index (χ4n) is 4.87. The molecular formula is C24H21FN6O2. The maximum absolute atomic E-state index is 14.8. The number of hydrogen-bond donors (Lipinski definition) is 1. The molecule has 33 heavy (non-hydrogen) atoms. The van der Waals surface area contributed by atoms with E-state index in [1.807, 2.05) is 23.6 Å². The molecule has 9 heteroatoms. The topological polar surface area (TPSA) is 86.5 Å².